The van der Waals surface area contributed by atoms with Crippen LogP contribution in [0.3, 0.4) is 0 Å². The van der Waals surface area contributed by atoms with Gasteiger partial charge in [0.05, 0.1) is 12.8 Å². The fourth-order valence-electron chi connectivity index (χ4n) is 1.75. The number of hydrogen-bond donors (Lipinski definition) is 1. The van der Waals surface area contributed by atoms with Gasteiger partial charge in [-0.1, -0.05) is 29.8 Å². The monoisotopic (exact) mass is 300 g/mol. The quantitative estimate of drug-likeness (QED) is 0.909. The lowest BCUT2D eigenvalue weighted by molar-refractivity contribution is 0.379. The van der Waals surface area contributed by atoms with Crippen molar-refractivity contribution in [3.8, 4) is 5.75 Å². The third-order valence-corrected chi connectivity index (χ3v) is 3.26. The van der Waals surface area contributed by atoms with Crippen molar-refractivity contribution in [1.82, 2.24) is 0 Å². The van der Waals surface area contributed by atoms with E-state index in [-0.39, 0.29) is 5.41 Å². The molecule has 0 atom stereocenters. The van der Waals surface area contributed by atoms with Crippen molar-refractivity contribution in [2.75, 3.05) is 32.1 Å². The molecule has 0 amide bonds. The Morgan fingerprint density at radius 3 is 2.59 bits per heavy atom. The highest BCUT2D eigenvalue weighted by Crippen LogP contribution is 2.32. The summed E-state index contributed by atoms with van der Waals surface area (Å²) in [4.78, 5) is 2.18. The number of rotatable bonds is 5. The lowest BCUT2D eigenvalue weighted by Crippen LogP contribution is -2.36. The normalized spacial score (nSPS) is 11.4. The van der Waals surface area contributed by atoms with Crippen molar-refractivity contribution >= 4 is 21.6 Å². The molecule has 0 spiro atoms. The average Bonchev–Trinajstić information content (AvgIpc) is 2.28. The first kappa shape index (κ1) is 14.3. The maximum absolute atomic E-state index is 5.77. The van der Waals surface area contributed by atoms with Gasteiger partial charge in [0.1, 0.15) is 5.75 Å². The molecular weight excluding hydrogens is 280 g/mol. The van der Waals surface area contributed by atoms with Gasteiger partial charge < -0.3 is 15.4 Å². The first-order chi connectivity index (χ1) is 7.89. The van der Waals surface area contributed by atoms with E-state index in [1.807, 2.05) is 12.1 Å². The minimum atomic E-state index is 0.0854. The molecule has 0 saturated heterocycles. The van der Waals surface area contributed by atoms with Gasteiger partial charge in [0.2, 0.25) is 0 Å². The maximum atomic E-state index is 5.77. The van der Waals surface area contributed by atoms with Crippen molar-refractivity contribution in [2.45, 2.75) is 13.8 Å². The van der Waals surface area contributed by atoms with E-state index in [2.05, 4.69) is 47.8 Å². The topological polar surface area (TPSA) is 38.5 Å². The summed E-state index contributed by atoms with van der Waals surface area (Å²) in [5.74, 6) is 0.878. The Hall–Kier alpha value is -0.740. The van der Waals surface area contributed by atoms with Gasteiger partial charge in [-0.15, -0.1) is 0 Å². The van der Waals surface area contributed by atoms with E-state index in [0.29, 0.717) is 6.54 Å². The number of anilines is 1. The third-order valence-electron chi connectivity index (χ3n) is 2.77. The van der Waals surface area contributed by atoms with Crippen molar-refractivity contribution in [3.05, 3.63) is 22.7 Å². The zero-order chi connectivity index (χ0) is 13.1. The van der Waals surface area contributed by atoms with E-state index >= 15 is 0 Å². The highest BCUT2D eigenvalue weighted by molar-refractivity contribution is 9.10. The molecule has 3 nitrogen and oxygen atoms in total. The second kappa shape index (κ2) is 5.74. The molecule has 17 heavy (non-hydrogen) atoms. The maximum Gasteiger partial charge on any atom is 0.142 e. The van der Waals surface area contributed by atoms with Gasteiger partial charge in [0, 0.05) is 18.1 Å². The van der Waals surface area contributed by atoms with Crippen LogP contribution in [0.25, 0.3) is 0 Å². The first-order valence-corrected chi connectivity index (χ1v) is 6.43. The van der Waals surface area contributed by atoms with Crippen molar-refractivity contribution in [1.29, 1.82) is 0 Å². The number of halogens is 1. The molecule has 4 heteroatoms. The third kappa shape index (κ3) is 3.89. The second-order valence-corrected chi connectivity index (χ2v) is 5.96. The Morgan fingerprint density at radius 2 is 2.06 bits per heavy atom. The number of ether oxygens (including phenoxy) is 1. The first-order valence-electron chi connectivity index (χ1n) is 5.64. The van der Waals surface area contributed by atoms with Crippen molar-refractivity contribution < 1.29 is 4.74 Å². The Labute approximate surface area is 112 Å². The van der Waals surface area contributed by atoms with Crippen LogP contribution in [-0.2, 0) is 0 Å². The van der Waals surface area contributed by atoms with Gasteiger partial charge in [-0.3, -0.25) is 0 Å². The minimum Gasteiger partial charge on any atom is -0.495 e. The fraction of sp³-hybridized carbons (Fsp3) is 0.538. The summed E-state index contributed by atoms with van der Waals surface area (Å²) in [5, 5.41) is 0. The molecule has 1 rings (SSSR count). The van der Waals surface area contributed by atoms with Gasteiger partial charge in [0.15, 0.2) is 0 Å². The smallest absolute Gasteiger partial charge is 0.142 e. The molecule has 0 saturated carbocycles. The van der Waals surface area contributed by atoms with E-state index < -0.39 is 0 Å². The Bertz CT molecular complexity index is 380. The van der Waals surface area contributed by atoms with Crippen LogP contribution in [0.5, 0.6) is 5.75 Å². The molecule has 0 unspecified atom stereocenters. The van der Waals surface area contributed by atoms with Crippen LogP contribution in [0.2, 0.25) is 0 Å². The van der Waals surface area contributed by atoms with Crippen LogP contribution in [-0.4, -0.2) is 27.2 Å². The Kier molecular flexibility index (Phi) is 4.83. The molecule has 0 fully saturated rings. The molecule has 0 aliphatic rings. The van der Waals surface area contributed by atoms with Crippen LogP contribution in [0.15, 0.2) is 22.7 Å². The largest absolute Gasteiger partial charge is 0.495 e. The summed E-state index contributed by atoms with van der Waals surface area (Å²) in [6.45, 7) is 5.87. The zero-order valence-electron chi connectivity index (χ0n) is 11.0. The number of nitrogens with two attached hydrogens (primary N) is 1. The van der Waals surface area contributed by atoms with E-state index in [0.717, 1.165) is 22.5 Å². The van der Waals surface area contributed by atoms with Gasteiger partial charge in [-0.25, -0.2) is 0 Å². The second-order valence-electron chi connectivity index (χ2n) is 5.04. The predicted molar refractivity (Wildman–Crippen MR) is 76.8 cm³/mol. The molecule has 0 heterocycles. The van der Waals surface area contributed by atoms with Gasteiger partial charge >= 0.3 is 0 Å². The molecule has 2 N–H and O–H groups in total. The standard InChI is InChI=1S/C13H21BrN2O/c1-13(2,8-15)9-16(3)11-7-10(14)5-6-12(11)17-4/h5-7H,8-9,15H2,1-4H3. The van der Waals surface area contributed by atoms with Crippen molar-refractivity contribution in [3.63, 3.8) is 0 Å². The summed E-state index contributed by atoms with van der Waals surface area (Å²) >= 11 is 3.48. The zero-order valence-corrected chi connectivity index (χ0v) is 12.5. The SMILES string of the molecule is COc1ccc(Br)cc1N(C)CC(C)(C)CN. The molecule has 0 radical (unpaired) electrons. The molecule has 1 aromatic carbocycles. The summed E-state index contributed by atoms with van der Waals surface area (Å²) in [6, 6.07) is 6.00. The lowest BCUT2D eigenvalue weighted by atomic mass is 9.93. The fourth-order valence-corrected chi connectivity index (χ4v) is 2.10. The number of nitrogens with zero attached hydrogens (tertiary/aromatic N) is 1. The molecule has 0 bridgehead atoms. The summed E-state index contributed by atoms with van der Waals surface area (Å²) in [7, 11) is 3.75. The molecule has 0 aliphatic carbocycles. The van der Waals surface area contributed by atoms with E-state index in [1.54, 1.807) is 7.11 Å². The van der Waals surface area contributed by atoms with E-state index in [9.17, 15) is 0 Å². The molecule has 96 valence electrons. The van der Waals surface area contributed by atoms with E-state index in [1.165, 1.54) is 0 Å². The number of methoxy groups -OCH3 is 1. The average molecular weight is 301 g/mol. The van der Waals surface area contributed by atoms with Gasteiger partial charge in [0.25, 0.3) is 0 Å². The molecule has 0 aliphatic heterocycles. The minimum absolute atomic E-state index is 0.0854. The van der Waals surface area contributed by atoms with Crippen LogP contribution in [0.1, 0.15) is 13.8 Å². The van der Waals surface area contributed by atoms with Crippen LogP contribution in [0, 0.1) is 5.41 Å². The highest BCUT2D eigenvalue weighted by Gasteiger charge is 2.20. The molecular formula is C13H21BrN2O. The van der Waals surface area contributed by atoms with Crippen LogP contribution >= 0.6 is 15.9 Å². The predicted octanol–water partition coefficient (Wildman–Crippen LogP) is 2.88. The van der Waals surface area contributed by atoms with Gasteiger partial charge in [-0.05, 0) is 30.2 Å². The van der Waals surface area contributed by atoms with E-state index in [4.69, 9.17) is 10.5 Å². The Balaban J connectivity index is 2.95. The van der Waals surface area contributed by atoms with Crippen LogP contribution < -0.4 is 15.4 Å². The summed E-state index contributed by atoms with van der Waals surface area (Å²) in [5.41, 5.74) is 6.92. The summed E-state index contributed by atoms with van der Waals surface area (Å²) in [6.07, 6.45) is 0. The lowest BCUT2D eigenvalue weighted by Gasteiger charge is -2.31. The summed E-state index contributed by atoms with van der Waals surface area (Å²) < 4.78 is 6.42. The van der Waals surface area contributed by atoms with Crippen molar-refractivity contribution in [2.24, 2.45) is 11.1 Å². The highest BCUT2D eigenvalue weighted by atomic mass is 79.9. The van der Waals surface area contributed by atoms with Gasteiger partial charge in [-0.2, -0.15) is 0 Å². The number of hydrogen-bond acceptors (Lipinski definition) is 3. The number of benzene rings is 1. The molecule has 0 aromatic heterocycles. The molecule has 1 aromatic rings. The van der Waals surface area contributed by atoms with Crippen LogP contribution in [0.4, 0.5) is 5.69 Å². The Morgan fingerprint density at radius 1 is 1.41 bits per heavy atom.